The topological polar surface area (TPSA) is 70.0 Å². The molecule has 1 aliphatic heterocycles. The highest BCUT2D eigenvalue weighted by atomic mass is 35.5. The van der Waals surface area contributed by atoms with Gasteiger partial charge in [0.25, 0.3) is 0 Å². The van der Waals surface area contributed by atoms with Crippen molar-refractivity contribution < 1.29 is 9.59 Å². The van der Waals surface area contributed by atoms with Gasteiger partial charge in [-0.15, -0.1) is 0 Å². The first-order valence-electron chi connectivity index (χ1n) is 9.12. The smallest absolute Gasteiger partial charge is 0.173 e. The Morgan fingerprint density at radius 3 is 2.43 bits per heavy atom. The van der Waals surface area contributed by atoms with Crippen LogP contribution in [0.15, 0.2) is 70.4 Å². The van der Waals surface area contributed by atoms with E-state index >= 15 is 0 Å². The van der Waals surface area contributed by atoms with E-state index in [2.05, 4.69) is 11.4 Å². The minimum atomic E-state index is -0.475. The average molecular weight is 457 g/mol. The number of hydrogen-bond acceptors (Lipinski definition) is 5. The number of benzene rings is 2. The average Bonchev–Trinajstić information content (AvgIpc) is 2.73. The van der Waals surface area contributed by atoms with Crippen molar-refractivity contribution in [1.29, 1.82) is 5.26 Å². The first kappa shape index (κ1) is 22.2. The van der Waals surface area contributed by atoms with Crippen LogP contribution in [0.1, 0.15) is 35.7 Å². The first-order valence-corrected chi connectivity index (χ1v) is 10.9. The fourth-order valence-corrected chi connectivity index (χ4v) is 4.65. The monoisotopic (exact) mass is 456 g/mol. The van der Waals surface area contributed by atoms with Gasteiger partial charge in [0, 0.05) is 16.8 Å². The van der Waals surface area contributed by atoms with Crippen LogP contribution in [0.5, 0.6) is 0 Å². The zero-order valence-corrected chi connectivity index (χ0v) is 18.7. The lowest BCUT2D eigenvalue weighted by molar-refractivity contribution is -0.113. The van der Waals surface area contributed by atoms with Gasteiger partial charge < -0.3 is 5.32 Å². The molecule has 0 radical (unpaired) electrons. The molecule has 0 aromatic heterocycles. The van der Waals surface area contributed by atoms with E-state index in [0.29, 0.717) is 37.5 Å². The number of nitrogens with one attached hydrogen (secondary N) is 1. The van der Waals surface area contributed by atoms with Crippen LogP contribution in [-0.2, 0) is 4.79 Å². The number of Topliss-reactive ketones (excluding diaryl/α,β-unsaturated/α-hetero) is 2. The van der Waals surface area contributed by atoms with E-state index in [1.165, 1.54) is 24.8 Å². The number of halogens is 2. The van der Waals surface area contributed by atoms with Gasteiger partial charge in [0.15, 0.2) is 11.6 Å². The van der Waals surface area contributed by atoms with Crippen molar-refractivity contribution in [2.75, 3.05) is 5.75 Å². The Bertz CT molecular complexity index is 1120. The first-order chi connectivity index (χ1) is 14.3. The summed E-state index contributed by atoms with van der Waals surface area (Å²) in [5, 5.41) is 14.3. The lowest BCUT2D eigenvalue weighted by Gasteiger charge is -2.29. The molecule has 1 N–H and O–H groups in total. The molecule has 0 fully saturated rings. The van der Waals surface area contributed by atoms with Gasteiger partial charge in [-0.3, -0.25) is 9.59 Å². The van der Waals surface area contributed by atoms with Crippen molar-refractivity contribution in [3.8, 4) is 6.07 Å². The molecule has 0 spiro atoms. The van der Waals surface area contributed by atoms with E-state index in [0.717, 1.165) is 5.56 Å². The van der Waals surface area contributed by atoms with Crippen molar-refractivity contribution in [2.24, 2.45) is 0 Å². The quantitative estimate of drug-likeness (QED) is 0.548. The fourth-order valence-electron chi connectivity index (χ4n) is 3.36. The maximum Gasteiger partial charge on any atom is 0.173 e. The number of hydrogen-bond donors (Lipinski definition) is 1. The maximum absolute atomic E-state index is 12.6. The molecule has 4 nitrogen and oxygen atoms in total. The molecule has 1 atom stereocenters. The molecule has 1 aliphatic rings. The van der Waals surface area contributed by atoms with Crippen LogP contribution in [0.2, 0.25) is 10.0 Å². The standard InChI is InChI=1S/C23H18Cl2N2O2S/c1-13-21(14(2)28)22(15-6-4-3-5-7-15)17(11-26)23(27-13)30-12-20(29)16-8-9-18(24)19(25)10-16/h3-10,22,27H,12H2,1-2H3/t22-/m1/s1. The van der Waals surface area contributed by atoms with E-state index < -0.39 is 5.92 Å². The summed E-state index contributed by atoms with van der Waals surface area (Å²) >= 11 is 13.2. The third-order valence-corrected chi connectivity index (χ3v) is 6.51. The Balaban J connectivity index is 1.93. The Morgan fingerprint density at radius 2 is 1.83 bits per heavy atom. The summed E-state index contributed by atoms with van der Waals surface area (Å²) in [6.45, 7) is 3.31. The number of nitriles is 1. The highest BCUT2D eigenvalue weighted by Gasteiger charge is 2.33. The second-order valence-electron chi connectivity index (χ2n) is 6.76. The minimum absolute atomic E-state index is 0.0995. The number of allylic oxidation sites excluding steroid dienone is 3. The van der Waals surface area contributed by atoms with Crippen LogP contribution in [0.3, 0.4) is 0 Å². The van der Waals surface area contributed by atoms with Crippen molar-refractivity contribution >= 4 is 46.5 Å². The van der Waals surface area contributed by atoms with E-state index in [1.807, 2.05) is 37.3 Å². The predicted molar refractivity (Wildman–Crippen MR) is 122 cm³/mol. The van der Waals surface area contributed by atoms with E-state index in [4.69, 9.17) is 23.2 Å². The Labute approximate surface area is 189 Å². The molecule has 0 aliphatic carbocycles. The van der Waals surface area contributed by atoms with Crippen molar-refractivity contribution in [3.05, 3.63) is 91.6 Å². The number of nitrogens with zero attached hydrogens (tertiary/aromatic N) is 1. The normalized spacial score (nSPS) is 16.2. The Kier molecular flexibility index (Phi) is 7.04. The van der Waals surface area contributed by atoms with Crippen LogP contribution in [0, 0.1) is 11.3 Å². The molecule has 152 valence electrons. The van der Waals surface area contributed by atoms with Crippen LogP contribution in [0.25, 0.3) is 0 Å². The fraction of sp³-hybridized carbons (Fsp3) is 0.174. The molecule has 3 rings (SSSR count). The summed E-state index contributed by atoms with van der Waals surface area (Å²) in [5.41, 5.74) is 2.96. The zero-order valence-electron chi connectivity index (χ0n) is 16.3. The minimum Gasteiger partial charge on any atom is -0.353 e. The third kappa shape index (κ3) is 4.62. The van der Waals surface area contributed by atoms with Crippen LogP contribution >= 0.6 is 35.0 Å². The van der Waals surface area contributed by atoms with Gasteiger partial charge >= 0.3 is 0 Å². The molecule has 2 aromatic carbocycles. The van der Waals surface area contributed by atoms with E-state index in [9.17, 15) is 14.9 Å². The van der Waals surface area contributed by atoms with E-state index in [-0.39, 0.29) is 17.3 Å². The van der Waals surface area contributed by atoms with Gasteiger partial charge in [-0.1, -0.05) is 65.3 Å². The van der Waals surface area contributed by atoms with Gasteiger partial charge in [0.05, 0.1) is 38.4 Å². The lowest BCUT2D eigenvalue weighted by atomic mass is 9.81. The predicted octanol–water partition coefficient (Wildman–Crippen LogP) is 5.89. The molecule has 0 saturated heterocycles. The largest absolute Gasteiger partial charge is 0.353 e. The molecular formula is C23H18Cl2N2O2S. The summed E-state index contributed by atoms with van der Waals surface area (Å²) in [5.74, 6) is -0.606. The summed E-state index contributed by atoms with van der Waals surface area (Å²) in [7, 11) is 0. The van der Waals surface area contributed by atoms with Crippen LogP contribution in [0.4, 0.5) is 0 Å². The number of ketones is 2. The summed E-state index contributed by atoms with van der Waals surface area (Å²) in [6.07, 6.45) is 0. The molecule has 2 aromatic rings. The number of thioether (sulfide) groups is 1. The molecule has 0 bridgehead atoms. The molecule has 1 heterocycles. The maximum atomic E-state index is 12.6. The number of dihydropyridines is 1. The molecular weight excluding hydrogens is 439 g/mol. The third-order valence-electron chi connectivity index (χ3n) is 4.75. The molecule has 0 saturated carbocycles. The van der Waals surface area contributed by atoms with Crippen molar-refractivity contribution in [1.82, 2.24) is 5.32 Å². The lowest BCUT2D eigenvalue weighted by Crippen LogP contribution is -2.27. The van der Waals surface area contributed by atoms with Gasteiger partial charge in [0.2, 0.25) is 0 Å². The Hall–Kier alpha value is -2.52. The SMILES string of the molecule is CC(=O)C1=C(C)NC(SCC(=O)c2ccc(Cl)c(Cl)c2)=C(C#N)[C@H]1c1ccccc1. The van der Waals surface area contributed by atoms with Gasteiger partial charge in [-0.2, -0.15) is 5.26 Å². The summed E-state index contributed by atoms with van der Waals surface area (Å²) in [4.78, 5) is 25.0. The molecule has 0 amide bonds. The molecule has 0 unspecified atom stereocenters. The van der Waals surface area contributed by atoms with Gasteiger partial charge in [0.1, 0.15) is 0 Å². The van der Waals surface area contributed by atoms with E-state index in [1.54, 1.807) is 12.1 Å². The summed E-state index contributed by atoms with van der Waals surface area (Å²) in [6, 6.07) is 16.4. The van der Waals surface area contributed by atoms with Crippen molar-refractivity contribution in [2.45, 2.75) is 19.8 Å². The highest BCUT2D eigenvalue weighted by molar-refractivity contribution is 8.03. The molecule has 7 heteroatoms. The van der Waals surface area contributed by atoms with Crippen molar-refractivity contribution in [3.63, 3.8) is 0 Å². The highest BCUT2D eigenvalue weighted by Crippen LogP contribution is 2.40. The second kappa shape index (κ2) is 9.53. The number of carbonyl (C=O) groups excluding carboxylic acids is 2. The number of rotatable bonds is 6. The van der Waals surface area contributed by atoms with Crippen LogP contribution in [-0.4, -0.2) is 17.3 Å². The van der Waals surface area contributed by atoms with Crippen LogP contribution < -0.4 is 5.32 Å². The summed E-state index contributed by atoms with van der Waals surface area (Å²) < 4.78 is 0. The van der Waals surface area contributed by atoms with Gasteiger partial charge in [-0.05, 0) is 37.6 Å². The molecule has 30 heavy (non-hydrogen) atoms. The second-order valence-corrected chi connectivity index (χ2v) is 8.56. The Morgan fingerprint density at radius 1 is 1.13 bits per heavy atom. The van der Waals surface area contributed by atoms with Gasteiger partial charge in [-0.25, -0.2) is 0 Å². The zero-order chi connectivity index (χ0) is 21.8. The number of carbonyl (C=O) groups is 2.